The first-order valence-corrected chi connectivity index (χ1v) is 7.20. The quantitative estimate of drug-likeness (QED) is 0.871. The van der Waals surface area contributed by atoms with Crippen LogP contribution in [0.3, 0.4) is 0 Å². The number of hydrogen-bond acceptors (Lipinski definition) is 2. The third kappa shape index (κ3) is 4.75. The summed E-state index contributed by atoms with van der Waals surface area (Å²) in [6.45, 7) is 4.32. The van der Waals surface area contributed by atoms with E-state index < -0.39 is 0 Å². The number of rotatable bonds is 4. The Hall–Kier alpha value is -2.08. The van der Waals surface area contributed by atoms with Crippen LogP contribution in [0.2, 0.25) is 0 Å². The van der Waals surface area contributed by atoms with Crippen LogP contribution in [0.25, 0.3) is 0 Å². The summed E-state index contributed by atoms with van der Waals surface area (Å²) in [6.07, 6.45) is 0. The Kier molecular flexibility index (Phi) is 5.57. The number of nitrogens with two attached hydrogens (primary N) is 1. The third-order valence-electron chi connectivity index (χ3n) is 3.36. The molecule has 0 aliphatic rings. The molecule has 0 aliphatic carbocycles. The van der Waals surface area contributed by atoms with Gasteiger partial charge in [-0.05, 0) is 31.2 Å². The molecule has 108 valence electrons. The molecule has 0 saturated carbocycles. The lowest BCUT2D eigenvalue weighted by molar-refractivity contribution is 0.319. The molecule has 2 aromatic rings. The van der Waals surface area contributed by atoms with E-state index in [1.165, 1.54) is 16.7 Å². The monoisotopic (exact) mass is 278 g/mol. The Balaban J connectivity index is 2.05. The smallest absolute Gasteiger partial charge is 0.0555 e. The third-order valence-corrected chi connectivity index (χ3v) is 3.36. The van der Waals surface area contributed by atoms with Gasteiger partial charge in [-0.25, -0.2) is 0 Å². The lowest BCUT2D eigenvalue weighted by Crippen LogP contribution is -2.17. The van der Waals surface area contributed by atoms with Gasteiger partial charge < -0.3 is 5.73 Å². The van der Waals surface area contributed by atoms with E-state index in [4.69, 9.17) is 5.73 Å². The van der Waals surface area contributed by atoms with Gasteiger partial charge in [0.05, 0.1) is 6.54 Å². The molecule has 21 heavy (non-hydrogen) atoms. The molecule has 0 amide bonds. The van der Waals surface area contributed by atoms with Gasteiger partial charge >= 0.3 is 0 Å². The lowest BCUT2D eigenvalue weighted by Gasteiger charge is -2.18. The molecule has 0 radical (unpaired) electrons. The van der Waals surface area contributed by atoms with Crippen molar-refractivity contribution in [3.63, 3.8) is 0 Å². The van der Waals surface area contributed by atoms with Gasteiger partial charge in [0, 0.05) is 18.7 Å². The minimum atomic E-state index is 0.396. The largest absolute Gasteiger partial charge is 0.320 e. The average Bonchev–Trinajstić information content (AvgIpc) is 2.49. The molecule has 2 heteroatoms. The number of aryl methyl sites for hydroxylation is 1. The molecule has 0 aromatic heterocycles. The number of nitrogens with zero attached hydrogens (tertiary/aromatic N) is 1. The molecule has 0 aliphatic heterocycles. The van der Waals surface area contributed by atoms with Gasteiger partial charge in [0.15, 0.2) is 0 Å². The summed E-state index contributed by atoms with van der Waals surface area (Å²) in [5.74, 6) is 6.08. The zero-order chi connectivity index (χ0) is 15.1. The Morgan fingerprint density at radius 2 is 1.71 bits per heavy atom. The Bertz CT molecular complexity index is 633. The predicted octanol–water partition coefficient (Wildman–Crippen LogP) is 2.94. The second-order valence-corrected chi connectivity index (χ2v) is 5.32. The Morgan fingerprint density at radius 1 is 1.00 bits per heavy atom. The van der Waals surface area contributed by atoms with Crippen LogP contribution in [0.4, 0.5) is 0 Å². The SMILES string of the molecule is Cc1ccc(CN(C)Cc2ccccc2C#CCN)cc1. The van der Waals surface area contributed by atoms with E-state index in [2.05, 4.69) is 73.2 Å². The van der Waals surface area contributed by atoms with Crippen molar-refractivity contribution < 1.29 is 0 Å². The van der Waals surface area contributed by atoms with Crippen molar-refractivity contribution in [3.8, 4) is 11.8 Å². The highest BCUT2D eigenvalue weighted by atomic mass is 15.1. The maximum Gasteiger partial charge on any atom is 0.0555 e. The van der Waals surface area contributed by atoms with Crippen LogP contribution in [0.5, 0.6) is 0 Å². The molecular formula is C19H22N2. The zero-order valence-electron chi connectivity index (χ0n) is 12.8. The van der Waals surface area contributed by atoms with Gasteiger partial charge in [0.25, 0.3) is 0 Å². The summed E-state index contributed by atoms with van der Waals surface area (Å²) in [6, 6.07) is 16.9. The lowest BCUT2D eigenvalue weighted by atomic mass is 10.1. The molecule has 0 fully saturated rings. The average molecular weight is 278 g/mol. The second kappa shape index (κ2) is 7.64. The molecule has 0 unspecified atom stereocenters. The van der Waals surface area contributed by atoms with E-state index in [1.54, 1.807) is 0 Å². The van der Waals surface area contributed by atoms with E-state index in [1.807, 2.05) is 6.07 Å². The van der Waals surface area contributed by atoms with Crippen molar-refractivity contribution in [2.45, 2.75) is 20.0 Å². The van der Waals surface area contributed by atoms with Crippen LogP contribution in [0.15, 0.2) is 48.5 Å². The zero-order valence-corrected chi connectivity index (χ0v) is 12.8. The van der Waals surface area contributed by atoms with Gasteiger partial charge in [0.2, 0.25) is 0 Å². The van der Waals surface area contributed by atoms with Crippen molar-refractivity contribution in [1.82, 2.24) is 4.90 Å². The van der Waals surface area contributed by atoms with E-state index in [0.717, 1.165) is 18.7 Å². The van der Waals surface area contributed by atoms with Crippen LogP contribution in [0.1, 0.15) is 22.3 Å². The fraction of sp³-hybridized carbons (Fsp3) is 0.263. The summed E-state index contributed by atoms with van der Waals surface area (Å²) in [4.78, 5) is 2.30. The van der Waals surface area contributed by atoms with Crippen molar-refractivity contribution in [1.29, 1.82) is 0 Å². The van der Waals surface area contributed by atoms with E-state index in [0.29, 0.717) is 6.54 Å². The predicted molar refractivity (Wildman–Crippen MR) is 88.7 cm³/mol. The van der Waals surface area contributed by atoms with E-state index in [-0.39, 0.29) is 0 Å². The molecule has 2 rings (SSSR count). The molecule has 2 nitrogen and oxygen atoms in total. The highest BCUT2D eigenvalue weighted by Crippen LogP contribution is 2.12. The summed E-state index contributed by atoms with van der Waals surface area (Å²) in [5.41, 5.74) is 10.4. The molecule has 2 N–H and O–H groups in total. The summed E-state index contributed by atoms with van der Waals surface area (Å²) in [5, 5.41) is 0. The molecule has 0 heterocycles. The summed E-state index contributed by atoms with van der Waals surface area (Å²) in [7, 11) is 2.13. The molecule has 2 aromatic carbocycles. The van der Waals surface area contributed by atoms with Crippen LogP contribution >= 0.6 is 0 Å². The van der Waals surface area contributed by atoms with Crippen molar-refractivity contribution in [2.75, 3.05) is 13.6 Å². The number of hydrogen-bond donors (Lipinski definition) is 1. The standard InChI is InChI=1S/C19H22N2/c1-16-9-11-17(12-10-16)14-21(2)15-19-7-4-3-6-18(19)8-5-13-20/h3-4,6-7,9-12H,13-15,20H2,1-2H3. The first kappa shape index (κ1) is 15.3. The molecule has 0 bridgehead atoms. The van der Waals surface area contributed by atoms with Crippen LogP contribution in [-0.4, -0.2) is 18.5 Å². The van der Waals surface area contributed by atoms with Gasteiger partial charge in [-0.2, -0.15) is 0 Å². The number of benzene rings is 2. The summed E-state index contributed by atoms with van der Waals surface area (Å²) >= 11 is 0. The maximum absolute atomic E-state index is 5.46. The first-order valence-electron chi connectivity index (χ1n) is 7.20. The molecule has 0 saturated heterocycles. The molecular weight excluding hydrogens is 256 g/mol. The van der Waals surface area contributed by atoms with Crippen molar-refractivity contribution in [2.24, 2.45) is 5.73 Å². The molecule has 0 spiro atoms. The van der Waals surface area contributed by atoms with Crippen LogP contribution in [-0.2, 0) is 13.1 Å². The van der Waals surface area contributed by atoms with Crippen LogP contribution in [0, 0.1) is 18.8 Å². The minimum absolute atomic E-state index is 0.396. The van der Waals surface area contributed by atoms with Crippen LogP contribution < -0.4 is 5.73 Å². The Labute approximate surface area is 127 Å². The van der Waals surface area contributed by atoms with Crippen molar-refractivity contribution >= 4 is 0 Å². The summed E-state index contributed by atoms with van der Waals surface area (Å²) < 4.78 is 0. The first-order chi connectivity index (χ1) is 10.2. The second-order valence-electron chi connectivity index (χ2n) is 5.32. The fourth-order valence-corrected chi connectivity index (χ4v) is 2.28. The van der Waals surface area contributed by atoms with Gasteiger partial charge in [0.1, 0.15) is 0 Å². The maximum atomic E-state index is 5.46. The minimum Gasteiger partial charge on any atom is -0.320 e. The normalized spacial score (nSPS) is 10.3. The van der Waals surface area contributed by atoms with Gasteiger partial charge in [-0.15, -0.1) is 0 Å². The topological polar surface area (TPSA) is 29.3 Å². The van der Waals surface area contributed by atoms with E-state index >= 15 is 0 Å². The van der Waals surface area contributed by atoms with E-state index in [9.17, 15) is 0 Å². The highest BCUT2D eigenvalue weighted by Gasteiger charge is 2.05. The Morgan fingerprint density at radius 3 is 2.43 bits per heavy atom. The van der Waals surface area contributed by atoms with Gasteiger partial charge in [-0.1, -0.05) is 59.9 Å². The fourth-order valence-electron chi connectivity index (χ4n) is 2.28. The molecule has 0 atom stereocenters. The van der Waals surface area contributed by atoms with Gasteiger partial charge in [-0.3, -0.25) is 4.90 Å². The highest BCUT2D eigenvalue weighted by molar-refractivity contribution is 5.41. The van der Waals surface area contributed by atoms with Crippen molar-refractivity contribution in [3.05, 3.63) is 70.8 Å².